The molecule has 0 amide bonds. The second-order valence-corrected chi connectivity index (χ2v) is 3.77. The van der Waals surface area contributed by atoms with Crippen LogP contribution in [0, 0.1) is 0 Å². The summed E-state index contributed by atoms with van der Waals surface area (Å²) in [5.41, 5.74) is 0.689. The average molecular weight is 277 g/mol. The van der Waals surface area contributed by atoms with Crippen LogP contribution in [0.1, 0.15) is 5.56 Å². The first-order valence-electron chi connectivity index (χ1n) is 5.23. The van der Waals surface area contributed by atoms with Crippen molar-refractivity contribution >= 4 is 11.6 Å². The zero-order chi connectivity index (χ0) is 13.5. The van der Waals surface area contributed by atoms with Crippen LogP contribution in [-0.2, 0) is 16.1 Å². The quantitative estimate of drug-likeness (QED) is 0.566. The summed E-state index contributed by atoms with van der Waals surface area (Å²) in [6, 6.07) is 1.66. The fraction of sp³-hybridized carbons (Fsp3) is 0.500. The van der Waals surface area contributed by atoms with Crippen LogP contribution in [0.5, 0.6) is 17.2 Å². The van der Waals surface area contributed by atoms with Crippen LogP contribution < -0.4 is 14.2 Å². The van der Waals surface area contributed by atoms with Gasteiger partial charge in [0.25, 0.3) is 0 Å². The van der Waals surface area contributed by atoms with E-state index in [1.54, 1.807) is 13.2 Å². The van der Waals surface area contributed by atoms with Gasteiger partial charge in [-0.2, -0.15) is 0 Å². The van der Waals surface area contributed by atoms with E-state index >= 15 is 0 Å². The minimum absolute atomic E-state index is 0.174. The van der Waals surface area contributed by atoms with E-state index in [1.807, 2.05) is 0 Å². The molecule has 0 atom stereocenters. The molecule has 6 heteroatoms. The summed E-state index contributed by atoms with van der Waals surface area (Å²) in [5.74, 6) is 1.49. The fourth-order valence-electron chi connectivity index (χ4n) is 1.55. The molecular weight excluding hydrogens is 260 g/mol. The highest BCUT2D eigenvalue weighted by molar-refractivity contribution is 6.31. The van der Waals surface area contributed by atoms with Gasteiger partial charge < -0.3 is 23.7 Å². The molecule has 0 N–H and O–H groups in total. The molecule has 18 heavy (non-hydrogen) atoms. The van der Waals surface area contributed by atoms with Crippen molar-refractivity contribution in [3.63, 3.8) is 0 Å². The molecule has 0 bridgehead atoms. The van der Waals surface area contributed by atoms with Gasteiger partial charge in [0.15, 0.2) is 11.5 Å². The molecule has 0 saturated carbocycles. The Balaban J connectivity index is 3.14. The smallest absolute Gasteiger partial charge is 0.203 e. The van der Waals surface area contributed by atoms with Crippen LogP contribution in [0.15, 0.2) is 6.07 Å². The lowest BCUT2D eigenvalue weighted by molar-refractivity contribution is -0.0395. The summed E-state index contributed by atoms with van der Waals surface area (Å²) >= 11 is 6.16. The van der Waals surface area contributed by atoms with Crippen molar-refractivity contribution in [3.05, 3.63) is 16.7 Å². The number of rotatable bonds is 7. The molecule has 0 aliphatic carbocycles. The Morgan fingerprint density at radius 1 is 1.00 bits per heavy atom. The lowest BCUT2D eigenvalue weighted by Gasteiger charge is -2.17. The number of methoxy groups -OCH3 is 4. The lowest BCUT2D eigenvalue weighted by Crippen LogP contribution is -2.03. The van der Waals surface area contributed by atoms with Gasteiger partial charge in [-0.15, -0.1) is 0 Å². The van der Waals surface area contributed by atoms with E-state index in [9.17, 15) is 0 Å². The Hall–Kier alpha value is -1.17. The van der Waals surface area contributed by atoms with Gasteiger partial charge >= 0.3 is 0 Å². The summed E-state index contributed by atoms with van der Waals surface area (Å²) in [5, 5.41) is 0.487. The Bertz CT molecular complexity index is 395. The van der Waals surface area contributed by atoms with Crippen LogP contribution >= 0.6 is 11.6 Å². The monoisotopic (exact) mass is 276 g/mol. The van der Waals surface area contributed by atoms with Gasteiger partial charge in [-0.05, 0) is 0 Å². The van der Waals surface area contributed by atoms with E-state index in [2.05, 4.69) is 0 Å². The Morgan fingerprint density at radius 3 is 2.17 bits per heavy atom. The van der Waals surface area contributed by atoms with Gasteiger partial charge in [-0.3, -0.25) is 0 Å². The third-order valence-electron chi connectivity index (χ3n) is 2.33. The summed E-state index contributed by atoms with van der Waals surface area (Å²) < 4.78 is 25.9. The molecule has 0 heterocycles. The van der Waals surface area contributed by atoms with Crippen LogP contribution in [-0.4, -0.2) is 35.2 Å². The molecule has 0 saturated heterocycles. The second kappa shape index (κ2) is 7.31. The number of halogens is 1. The predicted molar refractivity (Wildman–Crippen MR) is 67.8 cm³/mol. The first kappa shape index (κ1) is 14.9. The largest absolute Gasteiger partial charge is 0.493 e. The normalized spacial score (nSPS) is 10.3. The van der Waals surface area contributed by atoms with Gasteiger partial charge in [0, 0.05) is 18.7 Å². The highest BCUT2D eigenvalue weighted by Crippen LogP contribution is 2.43. The average Bonchev–Trinajstić information content (AvgIpc) is 2.39. The molecule has 0 radical (unpaired) electrons. The molecular formula is C12H17ClO5. The Labute approximate surface area is 111 Å². The molecule has 5 nitrogen and oxygen atoms in total. The molecule has 0 aliphatic heterocycles. The maximum absolute atomic E-state index is 6.16. The van der Waals surface area contributed by atoms with Gasteiger partial charge in [-0.1, -0.05) is 11.6 Å². The SMILES string of the molecule is COCOCc1c(Cl)cc(OC)c(OC)c1OC. The van der Waals surface area contributed by atoms with E-state index in [0.717, 1.165) is 0 Å². The minimum atomic E-state index is 0.174. The van der Waals surface area contributed by atoms with E-state index < -0.39 is 0 Å². The Kier molecular flexibility index (Phi) is 6.04. The number of ether oxygens (including phenoxy) is 5. The van der Waals surface area contributed by atoms with Crippen molar-refractivity contribution in [1.29, 1.82) is 0 Å². The van der Waals surface area contributed by atoms with Gasteiger partial charge in [0.1, 0.15) is 6.79 Å². The van der Waals surface area contributed by atoms with Crippen LogP contribution in [0.2, 0.25) is 5.02 Å². The van der Waals surface area contributed by atoms with Gasteiger partial charge in [0.2, 0.25) is 5.75 Å². The third-order valence-corrected chi connectivity index (χ3v) is 2.66. The molecule has 0 unspecified atom stereocenters. The molecule has 0 aromatic heterocycles. The number of hydrogen-bond donors (Lipinski definition) is 0. The summed E-state index contributed by atoms with van der Waals surface area (Å²) in [6.45, 7) is 0.435. The van der Waals surface area contributed by atoms with Crippen molar-refractivity contribution in [2.24, 2.45) is 0 Å². The second-order valence-electron chi connectivity index (χ2n) is 3.36. The van der Waals surface area contributed by atoms with E-state index in [4.69, 9.17) is 35.3 Å². The van der Waals surface area contributed by atoms with E-state index in [1.165, 1.54) is 21.3 Å². The highest BCUT2D eigenvalue weighted by Gasteiger charge is 2.19. The minimum Gasteiger partial charge on any atom is -0.493 e. The molecule has 102 valence electrons. The fourth-order valence-corrected chi connectivity index (χ4v) is 1.79. The maximum atomic E-state index is 6.16. The van der Waals surface area contributed by atoms with Crippen molar-refractivity contribution in [2.45, 2.75) is 6.61 Å². The Morgan fingerprint density at radius 2 is 1.67 bits per heavy atom. The van der Waals surface area contributed by atoms with Crippen LogP contribution in [0.3, 0.4) is 0 Å². The summed E-state index contributed by atoms with van der Waals surface area (Å²) in [7, 11) is 6.16. The van der Waals surface area contributed by atoms with E-state index in [-0.39, 0.29) is 13.4 Å². The third kappa shape index (κ3) is 3.19. The van der Waals surface area contributed by atoms with Crippen molar-refractivity contribution in [3.8, 4) is 17.2 Å². The van der Waals surface area contributed by atoms with Crippen molar-refractivity contribution < 1.29 is 23.7 Å². The molecule has 0 aliphatic rings. The standard InChI is InChI=1S/C12H17ClO5/c1-14-7-18-6-8-9(13)5-10(15-2)12(17-4)11(8)16-3/h5H,6-7H2,1-4H3. The zero-order valence-corrected chi connectivity index (χ0v) is 11.7. The summed E-state index contributed by atoms with van der Waals surface area (Å²) in [6.07, 6.45) is 0. The topological polar surface area (TPSA) is 46.2 Å². The number of benzene rings is 1. The van der Waals surface area contributed by atoms with Crippen LogP contribution in [0.25, 0.3) is 0 Å². The maximum Gasteiger partial charge on any atom is 0.203 e. The molecule has 0 fully saturated rings. The first-order chi connectivity index (χ1) is 8.69. The summed E-state index contributed by atoms with van der Waals surface area (Å²) in [4.78, 5) is 0. The molecule has 1 aromatic carbocycles. The van der Waals surface area contributed by atoms with E-state index in [0.29, 0.717) is 27.8 Å². The zero-order valence-electron chi connectivity index (χ0n) is 10.9. The van der Waals surface area contributed by atoms with Crippen LogP contribution in [0.4, 0.5) is 0 Å². The van der Waals surface area contributed by atoms with Gasteiger partial charge in [0.05, 0.1) is 33.0 Å². The molecule has 0 spiro atoms. The molecule has 1 rings (SSSR count). The van der Waals surface area contributed by atoms with Crippen molar-refractivity contribution in [1.82, 2.24) is 0 Å². The molecule has 1 aromatic rings. The van der Waals surface area contributed by atoms with Crippen molar-refractivity contribution in [2.75, 3.05) is 35.2 Å². The first-order valence-corrected chi connectivity index (χ1v) is 5.61. The lowest BCUT2D eigenvalue weighted by atomic mass is 10.1. The predicted octanol–water partition coefficient (Wildman–Crippen LogP) is 2.49. The van der Waals surface area contributed by atoms with Gasteiger partial charge in [-0.25, -0.2) is 0 Å². The number of hydrogen-bond acceptors (Lipinski definition) is 5. The highest BCUT2D eigenvalue weighted by atomic mass is 35.5.